The van der Waals surface area contributed by atoms with Crippen molar-refractivity contribution in [2.24, 2.45) is 0 Å². The van der Waals surface area contributed by atoms with Crippen LogP contribution in [-0.2, 0) is 21.3 Å². The molecular formula is C10H13ClNO3PS. The average molecular weight is 294 g/mol. The van der Waals surface area contributed by atoms with Gasteiger partial charge in [-0.15, -0.1) is 0 Å². The smallest absolute Gasteiger partial charge is 0.320 e. The predicted molar refractivity (Wildman–Crippen MR) is 71.8 cm³/mol. The van der Waals surface area contributed by atoms with Crippen molar-refractivity contribution in [2.45, 2.75) is 6.92 Å². The van der Waals surface area contributed by atoms with Crippen LogP contribution in [0.2, 0.25) is 0 Å². The summed E-state index contributed by atoms with van der Waals surface area (Å²) in [6, 6.07) is 8.97. The van der Waals surface area contributed by atoms with Crippen LogP contribution >= 0.6 is 17.0 Å². The number of para-hydroxylation sites is 1. The zero-order valence-electron chi connectivity index (χ0n) is 9.26. The van der Waals surface area contributed by atoms with Crippen molar-refractivity contribution in [2.75, 3.05) is 13.2 Å². The molecule has 0 aromatic heterocycles. The Hall–Kier alpha value is -0.610. The van der Waals surface area contributed by atoms with E-state index in [0.717, 1.165) is 0 Å². The lowest BCUT2D eigenvalue weighted by Gasteiger charge is -2.16. The van der Waals surface area contributed by atoms with Gasteiger partial charge in [-0.2, -0.15) is 0 Å². The van der Waals surface area contributed by atoms with Gasteiger partial charge in [-0.25, -0.2) is 5.09 Å². The third kappa shape index (κ3) is 6.03. The number of halogens is 1. The maximum atomic E-state index is 11.1. The van der Waals surface area contributed by atoms with Crippen molar-refractivity contribution in [3.63, 3.8) is 0 Å². The minimum atomic E-state index is -2.74. The summed E-state index contributed by atoms with van der Waals surface area (Å²) < 4.78 is 10.1. The number of nitrogens with one attached hydrogen (secondary N) is 1. The fourth-order valence-electron chi connectivity index (χ4n) is 1.02. The fraction of sp³-hybridized carbons (Fsp3) is 0.300. The van der Waals surface area contributed by atoms with Crippen LogP contribution in [-0.4, -0.2) is 19.1 Å². The van der Waals surface area contributed by atoms with Gasteiger partial charge in [0.1, 0.15) is 12.3 Å². The van der Waals surface area contributed by atoms with Gasteiger partial charge >= 0.3 is 5.97 Å². The molecular weight excluding hydrogens is 281 g/mol. The minimum Gasteiger partial charge on any atom is -0.465 e. The van der Waals surface area contributed by atoms with Gasteiger partial charge < -0.3 is 9.26 Å². The first kappa shape index (κ1) is 14.5. The summed E-state index contributed by atoms with van der Waals surface area (Å²) in [6.07, 6.45) is 0. The van der Waals surface area contributed by atoms with E-state index in [2.05, 4.69) is 5.09 Å². The normalized spacial score (nSPS) is 13.8. The number of benzene rings is 1. The van der Waals surface area contributed by atoms with Gasteiger partial charge in [-0.3, -0.25) is 4.79 Å². The van der Waals surface area contributed by atoms with Gasteiger partial charge in [0.15, 0.2) is 0 Å². The largest absolute Gasteiger partial charge is 0.465 e. The molecule has 0 spiro atoms. The Balaban J connectivity index is 2.46. The van der Waals surface area contributed by atoms with E-state index in [1.165, 1.54) is 0 Å². The SMILES string of the molecule is CCOC(=O)CNP(=S)(Cl)Oc1ccccc1. The highest BCUT2D eigenvalue weighted by Gasteiger charge is 2.17. The van der Waals surface area contributed by atoms with Gasteiger partial charge in [-0.05, 0) is 42.1 Å². The maximum Gasteiger partial charge on any atom is 0.320 e. The Morgan fingerprint density at radius 3 is 2.71 bits per heavy atom. The first-order chi connectivity index (χ1) is 8.03. The molecule has 0 aliphatic carbocycles. The van der Waals surface area contributed by atoms with E-state index >= 15 is 0 Å². The van der Waals surface area contributed by atoms with Gasteiger partial charge in [-0.1, -0.05) is 18.2 Å². The third-order valence-corrected chi connectivity index (χ3v) is 3.84. The minimum absolute atomic E-state index is 0.0541. The Kier molecular flexibility index (Phi) is 5.92. The molecule has 1 atom stereocenters. The summed E-state index contributed by atoms with van der Waals surface area (Å²) in [5, 5.41) is 2.69. The van der Waals surface area contributed by atoms with E-state index in [1.807, 2.05) is 18.2 Å². The fourth-order valence-corrected chi connectivity index (χ4v) is 2.67. The molecule has 94 valence electrons. The van der Waals surface area contributed by atoms with Crippen LogP contribution in [0.5, 0.6) is 5.75 Å². The summed E-state index contributed by atoms with van der Waals surface area (Å²) in [5.74, 6) is -2.57. The van der Waals surface area contributed by atoms with E-state index in [1.54, 1.807) is 19.1 Å². The molecule has 0 fully saturated rings. The third-order valence-electron chi connectivity index (χ3n) is 1.68. The van der Waals surface area contributed by atoms with Crippen molar-refractivity contribution in [3.8, 4) is 5.75 Å². The lowest BCUT2D eigenvalue weighted by atomic mass is 10.3. The lowest BCUT2D eigenvalue weighted by Crippen LogP contribution is -2.22. The molecule has 17 heavy (non-hydrogen) atoms. The Morgan fingerprint density at radius 2 is 2.12 bits per heavy atom. The summed E-state index contributed by atoms with van der Waals surface area (Å²) in [5.41, 5.74) is 0. The molecule has 1 aromatic rings. The van der Waals surface area contributed by atoms with Crippen molar-refractivity contribution in [1.29, 1.82) is 0 Å². The van der Waals surface area contributed by atoms with E-state index < -0.39 is 11.7 Å². The zero-order chi connectivity index (χ0) is 12.7. The molecule has 4 nitrogen and oxygen atoms in total. The van der Waals surface area contributed by atoms with Gasteiger partial charge in [0.2, 0.25) is 0 Å². The molecule has 0 heterocycles. The number of carbonyl (C=O) groups excluding carboxylic acids is 1. The predicted octanol–water partition coefficient (Wildman–Crippen LogP) is 2.68. The van der Waals surface area contributed by atoms with Crippen molar-refractivity contribution >= 4 is 34.8 Å². The molecule has 0 amide bonds. The quantitative estimate of drug-likeness (QED) is 0.645. The van der Waals surface area contributed by atoms with E-state index in [9.17, 15) is 4.79 Å². The molecule has 0 aliphatic heterocycles. The van der Waals surface area contributed by atoms with Gasteiger partial charge in [0.25, 0.3) is 5.77 Å². The van der Waals surface area contributed by atoms with Crippen molar-refractivity contribution in [1.82, 2.24) is 5.09 Å². The molecule has 0 saturated heterocycles. The van der Waals surface area contributed by atoms with Crippen LogP contribution in [0.4, 0.5) is 0 Å². The molecule has 1 unspecified atom stereocenters. The summed E-state index contributed by atoms with van der Waals surface area (Å²) >= 11 is 11.1. The number of carbonyl (C=O) groups is 1. The standard InChI is InChI=1S/C10H13ClNO3PS/c1-2-14-10(13)8-12-16(11,17)15-9-6-4-3-5-7-9/h3-7H,2,8H2,1H3,(H,12,17). The zero-order valence-corrected chi connectivity index (χ0v) is 11.7. The molecule has 1 aromatic carbocycles. The highest BCUT2D eigenvalue weighted by atomic mass is 35.7. The second kappa shape index (κ2) is 6.97. The van der Waals surface area contributed by atoms with Crippen LogP contribution in [0.25, 0.3) is 0 Å². The van der Waals surface area contributed by atoms with Crippen LogP contribution < -0.4 is 9.61 Å². The number of ether oxygens (including phenoxy) is 1. The number of esters is 1. The molecule has 0 bridgehead atoms. The highest BCUT2D eigenvalue weighted by Crippen LogP contribution is 2.48. The Labute approximate surface area is 110 Å². The average Bonchev–Trinajstić information content (AvgIpc) is 2.28. The number of hydrogen-bond acceptors (Lipinski definition) is 4. The first-order valence-electron chi connectivity index (χ1n) is 4.98. The highest BCUT2D eigenvalue weighted by molar-refractivity contribution is 8.23. The lowest BCUT2D eigenvalue weighted by molar-refractivity contribution is -0.141. The molecule has 1 rings (SSSR count). The van der Waals surface area contributed by atoms with E-state index in [4.69, 9.17) is 32.3 Å². The Morgan fingerprint density at radius 1 is 1.47 bits per heavy atom. The van der Waals surface area contributed by atoms with Crippen LogP contribution in [0.15, 0.2) is 30.3 Å². The molecule has 7 heteroatoms. The van der Waals surface area contributed by atoms with E-state index in [0.29, 0.717) is 12.4 Å². The Bertz CT molecular complexity index is 415. The summed E-state index contributed by atoms with van der Waals surface area (Å²) in [6.45, 7) is 2.00. The second-order valence-corrected chi connectivity index (χ2v) is 8.05. The van der Waals surface area contributed by atoms with Gasteiger partial charge in [0, 0.05) is 0 Å². The van der Waals surface area contributed by atoms with E-state index in [-0.39, 0.29) is 6.54 Å². The molecule has 1 N–H and O–H groups in total. The first-order valence-corrected chi connectivity index (χ1v) is 8.61. The van der Waals surface area contributed by atoms with Crippen molar-refractivity contribution < 1.29 is 14.1 Å². The second-order valence-electron chi connectivity index (χ2n) is 3.02. The van der Waals surface area contributed by atoms with Crippen LogP contribution in [0, 0.1) is 0 Å². The topological polar surface area (TPSA) is 47.6 Å². The number of hydrogen-bond donors (Lipinski definition) is 1. The van der Waals surface area contributed by atoms with Crippen LogP contribution in [0.3, 0.4) is 0 Å². The molecule has 0 radical (unpaired) electrons. The maximum absolute atomic E-state index is 11.1. The molecule has 0 aliphatic rings. The monoisotopic (exact) mass is 293 g/mol. The number of rotatable bonds is 6. The van der Waals surface area contributed by atoms with Gasteiger partial charge in [0.05, 0.1) is 6.61 Å². The summed E-state index contributed by atoms with van der Waals surface area (Å²) in [4.78, 5) is 11.1. The molecule has 0 saturated carbocycles. The van der Waals surface area contributed by atoms with Crippen LogP contribution in [0.1, 0.15) is 6.92 Å². The van der Waals surface area contributed by atoms with Crippen molar-refractivity contribution in [3.05, 3.63) is 30.3 Å². The summed E-state index contributed by atoms with van der Waals surface area (Å²) in [7, 11) is 0.